The van der Waals surface area contributed by atoms with E-state index in [-0.39, 0.29) is 6.04 Å². The molecule has 0 fully saturated rings. The average molecular weight is 206 g/mol. The number of hydrogen-bond donors (Lipinski definition) is 2. The molecule has 2 nitrogen and oxygen atoms in total. The van der Waals surface area contributed by atoms with Crippen LogP contribution in [0.4, 0.5) is 5.69 Å². The van der Waals surface area contributed by atoms with Crippen LogP contribution in [0.1, 0.15) is 38.7 Å². The van der Waals surface area contributed by atoms with E-state index >= 15 is 0 Å². The molecule has 0 spiro atoms. The van der Waals surface area contributed by atoms with Gasteiger partial charge in [-0.3, -0.25) is 0 Å². The number of nitrogens with two attached hydrogens (primary N) is 1. The Morgan fingerprint density at radius 2 is 1.73 bits per heavy atom. The molecular weight excluding hydrogens is 184 g/mol. The van der Waals surface area contributed by atoms with E-state index in [0.29, 0.717) is 5.92 Å². The van der Waals surface area contributed by atoms with Crippen LogP contribution in [0.3, 0.4) is 0 Å². The van der Waals surface area contributed by atoms with Crippen molar-refractivity contribution in [1.29, 1.82) is 0 Å². The van der Waals surface area contributed by atoms with Crippen LogP contribution in [0.5, 0.6) is 0 Å². The van der Waals surface area contributed by atoms with Crippen molar-refractivity contribution in [2.75, 3.05) is 11.9 Å². The van der Waals surface area contributed by atoms with Crippen LogP contribution in [0.25, 0.3) is 0 Å². The van der Waals surface area contributed by atoms with Crippen LogP contribution in [0, 0.1) is 0 Å². The first-order valence-corrected chi connectivity index (χ1v) is 5.69. The third kappa shape index (κ3) is 4.34. The fraction of sp³-hybridized carbons (Fsp3) is 0.538. The Morgan fingerprint density at radius 1 is 1.13 bits per heavy atom. The molecule has 0 aromatic heterocycles. The first kappa shape index (κ1) is 12.1. The van der Waals surface area contributed by atoms with E-state index in [9.17, 15) is 0 Å². The normalized spacial score (nSPS) is 12.9. The molecule has 1 aromatic rings. The third-order valence-corrected chi connectivity index (χ3v) is 2.51. The second-order valence-corrected chi connectivity index (χ2v) is 4.47. The maximum absolute atomic E-state index is 5.68. The molecule has 0 radical (unpaired) electrons. The lowest BCUT2D eigenvalue weighted by Crippen LogP contribution is -2.19. The zero-order valence-electron chi connectivity index (χ0n) is 9.96. The van der Waals surface area contributed by atoms with Gasteiger partial charge in [0.1, 0.15) is 0 Å². The predicted octanol–water partition coefficient (Wildman–Crippen LogP) is 2.96. The fourth-order valence-corrected chi connectivity index (χ4v) is 1.43. The molecule has 84 valence electrons. The number of rotatable bonds is 5. The van der Waals surface area contributed by atoms with Crippen LogP contribution in [-0.2, 0) is 0 Å². The minimum atomic E-state index is 0.271. The number of anilines is 1. The summed E-state index contributed by atoms with van der Waals surface area (Å²) in [5, 5.41) is 3.36. The molecule has 1 unspecified atom stereocenters. The van der Waals surface area contributed by atoms with Crippen molar-refractivity contribution in [2.45, 2.75) is 39.2 Å². The molecule has 0 aliphatic rings. The van der Waals surface area contributed by atoms with Gasteiger partial charge in [0, 0.05) is 18.3 Å². The average Bonchev–Trinajstić information content (AvgIpc) is 2.18. The topological polar surface area (TPSA) is 38.0 Å². The van der Waals surface area contributed by atoms with Crippen LogP contribution in [0.2, 0.25) is 0 Å². The summed E-state index contributed by atoms with van der Waals surface area (Å²) in [5.74, 6) is 0.600. The van der Waals surface area contributed by atoms with E-state index in [1.165, 1.54) is 11.3 Å². The monoisotopic (exact) mass is 206 g/mol. The Kier molecular flexibility index (Phi) is 4.63. The van der Waals surface area contributed by atoms with Crippen molar-refractivity contribution in [2.24, 2.45) is 5.73 Å². The van der Waals surface area contributed by atoms with Crippen LogP contribution in [0.15, 0.2) is 24.3 Å². The summed E-state index contributed by atoms with van der Waals surface area (Å²) in [6.07, 6.45) is 1.01. The van der Waals surface area contributed by atoms with Gasteiger partial charge < -0.3 is 11.1 Å². The van der Waals surface area contributed by atoms with Gasteiger partial charge >= 0.3 is 0 Å². The summed E-state index contributed by atoms with van der Waals surface area (Å²) in [5.41, 5.74) is 8.24. The molecule has 0 amide bonds. The Morgan fingerprint density at radius 3 is 2.20 bits per heavy atom. The molecule has 0 heterocycles. The van der Waals surface area contributed by atoms with Crippen LogP contribution < -0.4 is 11.1 Å². The summed E-state index contributed by atoms with van der Waals surface area (Å²) in [7, 11) is 0. The standard InChI is InChI=1S/C13H22N2/c1-10(2)12-4-6-13(7-5-12)15-9-8-11(3)14/h4-7,10-11,15H,8-9,14H2,1-3H3. The predicted molar refractivity (Wildman–Crippen MR) is 67.3 cm³/mol. The molecule has 1 atom stereocenters. The lowest BCUT2D eigenvalue weighted by molar-refractivity contribution is 0.690. The molecule has 15 heavy (non-hydrogen) atoms. The smallest absolute Gasteiger partial charge is 0.0340 e. The van der Waals surface area contributed by atoms with Crippen molar-refractivity contribution in [3.8, 4) is 0 Å². The van der Waals surface area contributed by atoms with Crippen molar-refractivity contribution in [3.05, 3.63) is 29.8 Å². The highest BCUT2D eigenvalue weighted by molar-refractivity contribution is 5.45. The second-order valence-electron chi connectivity index (χ2n) is 4.47. The highest BCUT2D eigenvalue weighted by Crippen LogP contribution is 2.16. The van der Waals surface area contributed by atoms with E-state index in [1.807, 2.05) is 6.92 Å². The maximum atomic E-state index is 5.68. The molecule has 0 bridgehead atoms. The summed E-state index contributed by atoms with van der Waals surface area (Å²) < 4.78 is 0. The molecule has 1 rings (SSSR count). The Hall–Kier alpha value is -1.02. The summed E-state index contributed by atoms with van der Waals surface area (Å²) >= 11 is 0. The molecule has 2 heteroatoms. The zero-order valence-corrected chi connectivity index (χ0v) is 9.96. The van der Waals surface area contributed by atoms with Gasteiger partial charge in [-0.15, -0.1) is 0 Å². The van der Waals surface area contributed by atoms with E-state index in [1.54, 1.807) is 0 Å². The summed E-state index contributed by atoms with van der Waals surface area (Å²) in [4.78, 5) is 0. The summed E-state index contributed by atoms with van der Waals surface area (Å²) in [6, 6.07) is 8.90. The molecule has 3 N–H and O–H groups in total. The minimum absolute atomic E-state index is 0.271. The van der Waals surface area contributed by atoms with Gasteiger partial charge in [0.05, 0.1) is 0 Å². The highest BCUT2D eigenvalue weighted by Gasteiger charge is 1.98. The third-order valence-electron chi connectivity index (χ3n) is 2.51. The lowest BCUT2D eigenvalue weighted by Gasteiger charge is -2.10. The first-order valence-electron chi connectivity index (χ1n) is 5.69. The van der Waals surface area contributed by atoms with Crippen molar-refractivity contribution < 1.29 is 0 Å². The Balaban J connectivity index is 2.43. The van der Waals surface area contributed by atoms with Gasteiger partial charge in [-0.1, -0.05) is 26.0 Å². The van der Waals surface area contributed by atoms with E-state index in [2.05, 4.69) is 43.4 Å². The Labute approximate surface area is 92.9 Å². The van der Waals surface area contributed by atoms with Gasteiger partial charge in [0.25, 0.3) is 0 Å². The van der Waals surface area contributed by atoms with Crippen molar-refractivity contribution in [1.82, 2.24) is 0 Å². The van der Waals surface area contributed by atoms with Gasteiger partial charge in [-0.2, -0.15) is 0 Å². The molecule has 0 aliphatic carbocycles. The number of nitrogens with one attached hydrogen (secondary N) is 1. The largest absolute Gasteiger partial charge is 0.385 e. The zero-order chi connectivity index (χ0) is 11.3. The molecule has 0 saturated carbocycles. The van der Waals surface area contributed by atoms with Gasteiger partial charge in [0.2, 0.25) is 0 Å². The maximum Gasteiger partial charge on any atom is 0.0340 e. The van der Waals surface area contributed by atoms with Crippen LogP contribution >= 0.6 is 0 Å². The molecule has 0 aliphatic heterocycles. The molecule has 0 saturated heterocycles. The van der Waals surface area contributed by atoms with Gasteiger partial charge in [-0.05, 0) is 37.0 Å². The van der Waals surface area contributed by atoms with Gasteiger partial charge in [-0.25, -0.2) is 0 Å². The second kappa shape index (κ2) is 5.76. The lowest BCUT2D eigenvalue weighted by atomic mass is 10.0. The molecular formula is C13H22N2. The fourth-order valence-electron chi connectivity index (χ4n) is 1.43. The number of benzene rings is 1. The molecule has 1 aromatic carbocycles. The van der Waals surface area contributed by atoms with E-state index < -0.39 is 0 Å². The first-order chi connectivity index (χ1) is 7.09. The highest BCUT2D eigenvalue weighted by atomic mass is 14.9. The SMILES string of the molecule is CC(N)CCNc1ccc(C(C)C)cc1. The van der Waals surface area contributed by atoms with Crippen molar-refractivity contribution >= 4 is 5.69 Å². The quantitative estimate of drug-likeness (QED) is 0.777. The van der Waals surface area contributed by atoms with E-state index in [0.717, 1.165) is 13.0 Å². The Bertz CT molecular complexity index is 275. The minimum Gasteiger partial charge on any atom is -0.385 e. The number of hydrogen-bond acceptors (Lipinski definition) is 2. The summed E-state index contributed by atoms with van der Waals surface area (Å²) in [6.45, 7) is 7.39. The van der Waals surface area contributed by atoms with Crippen LogP contribution in [-0.4, -0.2) is 12.6 Å². The van der Waals surface area contributed by atoms with Crippen molar-refractivity contribution in [3.63, 3.8) is 0 Å². The van der Waals surface area contributed by atoms with E-state index in [4.69, 9.17) is 5.73 Å². The van der Waals surface area contributed by atoms with Gasteiger partial charge in [0.15, 0.2) is 0 Å².